The van der Waals surface area contributed by atoms with Crippen LogP contribution >= 0.6 is 0 Å². The lowest BCUT2D eigenvalue weighted by Gasteiger charge is -2.40. The second kappa shape index (κ2) is 19.9. The Bertz CT molecular complexity index is 2220. The van der Waals surface area contributed by atoms with Gasteiger partial charge in [0.05, 0.1) is 0 Å². The van der Waals surface area contributed by atoms with E-state index >= 15 is 0 Å². The maximum absolute atomic E-state index is 15.0. The van der Waals surface area contributed by atoms with Gasteiger partial charge in [-0.15, -0.1) is 0 Å². The van der Waals surface area contributed by atoms with Crippen molar-refractivity contribution in [2.75, 3.05) is 39.1 Å². The Morgan fingerprint density at radius 2 is 1.57 bits per heavy atom. The Labute approximate surface area is 365 Å². The van der Waals surface area contributed by atoms with Gasteiger partial charge in [0.25, 0.3) is 5.91 Å². The summed E-state index contributed by atoms with van der Waals surface area (Å²) in [7, 11) is 5.25. The summed E-state index contributed by atoms with van der Waals surface area (Å²) >= 11 is 0. The summed E-state index contributed by atoms with van der Waals surface area (Å²) < 4.78 is 5.85. The lowest BCUT2D eigenvalue weighted by atomic mass is 9.95. The van der Waals surface area contributed by atoms with Crippen LogP contribution in [-0.4, -0.2) is 143 Å². The number of pyridine rings is 1. The van der Waals surface area contributed by atoms with Gasteiger partial charge in [0, 0.05) is 65.4 Å². The Kier molecular flexibility index (Phi) is 14.4. The smallest absolute Gasteiger partial charge is 0.333 e. The Balaban J connectivity index is 1.44. The predicted molar refractivity (Wildman–Crippen MR) is 228 cm³/mol. The number of aromatic hydroxyl groups is 1. The first kappa shape index (κ1) is 45.7. The molecule has 4 N–H and O–H groups in total. The van der Waals surface area contributed by atoms with Gasteiger partial charge in [0.1, 0.15) is 47.8 Å². The van der Waals surface area contributed by atoms with Gasteiger partial charge in [0.15, 0.2) is 11.7 Å². The normalized spacial score (nSPS) is 25.4. The first-order valence-electron chi connectivity index (χ1n) is 21.1. The van der Waals surface area contributed by atoms with E-state index in [4.69, 9.17) is 4.74 Å². The van der Waals surface area contributed by atoms with Crippen LogP contribution in [0, 0.1) is 0 Å². The van der Waals surface area contributed by atoms with Crippen LogP contribution in [-0.2, 0) is 44.7 Å². The van der Waals surface area contributed by atoms with Crippen LogP contribution in [0.25, 0.3) is 0 Å². The van der Waals surface area contributed by atoms with Crippen molar-refractivity contribution in [2.45, 2.75) is 94.7 Å². The highest BCUT2D eigenvalue weighted by Crippen LogP contribution is 2.27. The van der Waals surface area contributed by atoms with Crippen LogP contribution in [0.2, 0.25) is 0 Å². The van der Waals surface area contributed by atoms with Crippen molar-refractivity contribution in [1.29, 1.82) is 0 Å². The summed E-state index contributed by atoms with van der Waals surface area (Å²) in [5, 5.41) is 18.2. The standard InChI is InChI=1S/C45H54N8O10/c1-6-31-42(59)52-22-11-14-32(52)43(60)51(5)34(24-27-16-18-29(19-17-27)50(3)4)44(61)53-23-20-30(54)25-33(53)39(56)49-37(28-12-8-7-9-13-28)45(62)63-26(2)36(40(57)47-31)48-41(58)38-35(55)15-10-21-46-38/h7-10,12-13,15-19,21,26,31-34,36-37,55H,6,11,14,20,22-25H2,1-5H3,(H,47,57)(H,48,58)(H,49,56)/t26-,31-,32+,33-,34+,36+,37-/m0/s1. The van der Waals surface area contributed by atoms with E-state index in [9.17, 15) is 43.5 Å². The van der Waals surface area contributed by atoms with Crippen molar-refractivity contribution in [2.24, 2.45) is 0 Å². The van der Waals surface area contributed by atoms with Crippen molar-refractivity contribution in [3.05, 3.63) is 89.7 Å². The number of Topliss-reactive ketones (excluding diaryl/α,β-unsaturated/α-hetero) is 1. The van der Waals surface area contributed by atoms with Crippen molar-refractivity contribution in [3.8, 4) is 5.75 Å². The zero-order chi connectivity index (χ0) is 45.5. The van der Waals surface area contributed by atoms with Gasteiger partial charge < -0.3 is 45.4 Å². The van der Waals surface area contributed by atoms with Gasteiger partial charge in [-0.1, -0.05) is 49.4 Å². The van der Waals surface area contributed by atoms with E-state index in [0.717, 1.165) is 5.69 Å². The molecule has 7 atom stereocenters. The number of hydrogen-bond acceptors (Lipinski definition) is 12. The van der Waals surface area contributed by atoms with Crippen LogP contribution in [0.5, 0.6) is 5.75 Å². The predicted octanol–water partition coefficient (Wildman–Crippen LogP) is 1.27. The molecule has 3 aromatic rings. The Hall–Kier alpha value is -6.85. The van der Waals surface area contributed by atoms with E-state index < -0.39 is 95.2 Å². The number of ketones is 1. The molecule has 2 aromatic carbocycles. The Morgan fingerprint density at radius 3 is 2.24 bits per heavy atom. The summed E-state index contributed by atoms with van der Waals surface area (Å²) in [6, 6.07) is 10.1. The van der Waals surface area contributed by atoms with Crippen LogP contribution in [0.3, 0.4) is 0 Å². The largest absolute Gasteiger partial charge is 0.505 e. The van der Waals surface area contributed by atoms with Gasteiger partial charge in [-0.2, -0.15) is 0 Å². The van der Waals surface area contributed by atoms with Crippen LogP contribution in [0.15, 0.2) is 72.9 Å². The minimum atomic E-state index is -1.68. The summed E-state index contributed by atoms with van der Waals surface area (Å²) in [5.74, 6) is -6.33. The third-order valence-corrected chi connectivity index (χ3v) is 11.8. The lowest BCUT2D eigenvalue weighted by Crippen LogP contribution is -2.61. The number of ether oxygens (including phenoxy) is 1. The summed E-state index contributed by atoms with van der Waals surface area (Å²) in [5.41, 5.74) is 1.45. The molecule has 334 valence electrons. The second-order valence-electron chi connectivity index (χ2n) is 16.2. The van der Waals surface area contributed by atoms with Crippen LogP contribution < -0.4 is 20.9 Å². The monoisotopic (exact) mass is 866 g/mol. The zero-order valence-corrected chi connectivity index (χ0v) is 36.0. The number of carbonyl (C=O) groups excluding carboxylic acids is 8. The molecule has 0 unspecified atom stereocenters. The fourth-order valence-electron chi connectivity index (χ4n) is 8.20. The number of nitrogens with zero attached hydrogens (tertiary/aromatic N) is 5. The zero-order valence-electron chi connectivity index (χ0n) is 36.0. The third kappa shape index (κ3) is 10.3. The topological polar surface area (TPSA) is 228 Å². The number of nitrogens with one attached hydrogen (secondary N) is 3. The molecule has 18 nitrogen and oxygen atoms in total. The van der Waals surface area contributed by atoms with E-state index in [0.29, 0.717) is 12.0 Å². The molecule has 0 spiro atoms. The number of cyclic esters (lactones) is 1. The van der Waals surface area contributed by atoms with Gasteiger partial charge >= 0.3 is 5.97 Å². The minimum absolute atomic E-state index is 0.0299. The molecule has 0 bridgehead atoms. The molecule has 0 aliphatic carbocycles. The molecule has 6 amide bonds. The molecule has 4 heterocycles. The van der Waals surface area contributed by atoms with Crippen molar-refractivity contribution < 1.29 is 48.2 Å². The minimum Gasteiger partial charge on any atom is -0.505 e. The van der Waals surface area contributed by atoms with Crippen LogP contribution in [0.4, 0.5) is 5.69 Å². The molecule has 0 radical (unpaired) electrons. The Morgan fingerprint density at radius 1 is 0.873 bits per heavy atom. The van der Waals surface area contributed by atoms with Gasteiger partial charge in [-0.05, 0) is 61.6 Å². The number of fused-ring (bicyclic) bond motifs is 2. The lowest BCUT2D eigenvalue weighted by molar-refractivity contribution is -0.156. The van der Waals surface area contributed by atoms with E-state index in [-0.39, 0.29) is 56.5 Å². The number of hydrogen-bond donors (Lipinski definition) is 4. The molecular weight excluding hydrogens is 813 g/mol. The highest BCUT2D eigenvalue weighted by atomic mass is 16.5. The molecule has 3 saturated heterocycles. The number of esters is 1. The highest BCUT2D eigenvalue weighted by molar-refractivity contribution is 6.01. The molecule has 0 saturated carbocycles. The number of piperidine rings is 1. The van der Waals surface area contributed by atoms with Gasteiger partial charge in [-0.25, -0.2) is 9.78 Å². The molecule has 6 rings (SSSR count). The number of aromatic nitrogens is 1. The van der Waals surface area contributed by atoms with Crippen molar-refractivity contribution in [1.82, 2.24) is 35.6 Å². The molecule has 18 heteroatoms. The fourth-order valence-corrected chi connectivity index (χ4v) is 8.20. The van der Waals surface area contributed by atoms with E-state index in [1.807, 2.05) is 43.3 Å². The molecule has 63 heavy (non-hydrogen) atoms. The molecule has 1 aromatic heterocycles. The fraction of sp³-hybridized carbons (Fsp3) is 0.444. The second-order valence-corrected chi connectivity index (χ2v) is 16.2. The third-order valence-electron chi connectivity index (χ3n) is 11.8. The number of likely N-dealkylation sites (N-methyl/N-ethyl adjacent to an activating group) is 1. The summed E-state index contributed by atoms with van der Waals surface area (Å²) in [6.07, 6.45) is 0.175. The average molecular weight is 867 g/mol. The quantitative estimate of drug-likeness (QED) is 0.247. The number of carbonyl (C=O) groups is 8. The van der Waals surface area contributed by atoms with E-state index in [1.165, 1.54) is 47.0 Å². The first-order chi connectivity index (χ1) is 30.1. The molecule has 3 aliphatic rings. The summed E-state index contributed by atoms with van der Waals surface area (Å²) in [6.45, 7) is 3.02. The molecule has 3 aliphatic heterocycles. The first-order valence-corrected chi connectivity index (χ1v) is 21.1. The van der Waals surface area contributed by atoms with E-state index in [1.54, 1.807) is 37.3 Å². The number of amides is 6. The maximum atomic E-state index is 15.0. The number of rotatable bonds is 7. The average Bonchev–Trinajstić information content (AvgIpc) is 3.77. The SMILES string of the molecule is CC[C@@H]1NC(=O)[C@H](NC(=O)c2ncccc2O)[C@H](C)OC(=O)[C@H](c2ccccc2)NC(=O)[C@@H]2CC(=O)CCN2C(=O)[C@@H](Cc2ccc(N(C)C)cc2)N(C)C(=O)[C@H]2CCCN2C1=O. The molecule has 3 fully saturated rings. The summed E-state index contributed by atoms with van der Waals surface area (Å²) in [4.78, 5) is 123. The van der Waals surface area contributed by atoms with Crippen molar-refractivity contribution in [3.63, 3.8) is 0 Å². The van der Waals surface area contributed by atoms with Crippen LogP contribution in [0.1, 0.15) is 73.6 Å². The number of benzene rings is 2. The van der Waals surface area contributed by atoms with Gasteiger partial charge in [-0.3, -0.25) is 33.6 Å². The van der Waals surface area contributed by atoms with Gasteiger partial charge in [0.2, 0.25) is 29.5 Å². The highest BCUT2D eigenvalue weighted by Gasteiger charge is 2.45. The van der Waals surface area contributed by atoms with Crippen molar-refractivity contribution >= 4 is 52.9 Å². The maximum Gasteiger partial charge on any atom is 0.333 e. The van der Waals surface area contributed by atoms with E-state index in [2.05, 4.69) is 20.9 Å². The number of anilines is 1. The molecular formula is C45H54N8O10.